The van der Waals surface area contributed by atoms with Crippen molar-refractivity contribution in [2.75, 3.05) is 0 Å². The first-order valence-electron chi connectivity index (χ1n) is 9.69. The molecule has 0 atom stereocenters. The van der Waals surface area contributed by atoms with Crippen LogP contribution in [0.4, 0.5) is 5.69 Å². The number of benzene rings is 1. The number of nitro groups is 1. The van der Waals surface area contributed by atoms with Crippen molar-refractivity contribution in [1.82, 2.24) is 4.90 Å². The van der Waals surface area contributed by atoms with Gasteiger partial charge in [0.05, 0.1) is 11.5 Å². The zero-order valence-corrected chi connectivity index (χ0v) is 14.9. The van der Waals surface area contributed by atoms with Gasteiger partial charge in [-0.15, -0.1) is 0 Å². The predicted molar refractivity (Wildman–Crippen MR) is 97.1 cm³/mol. The van der Waals surface area contributed by atoms with E-state index < -0.39 is 0 Å². The SMILES string of the molecule is O=C(C1CCCCC1)N(Cc1ccccc1[N+](=O)[O-])C1CCCCC1. The standard InChI is InChI=1S/C20H28N2O3/c23-20(16-9-3-1-4-10-16)21(18-12-5-2-6-13-18)15-17-11-7-8-14-19(17)22(24)25/h7-8,11,14,16,18H,1-6,9-10,12-13,15H2. The van der Waals surface area contributed by atoms with Crippen LogP contribution in [-0.2, 0) is 11.3 Å². The van der Waals surface area contributed by atoms with Crippen molar-refractivity contribution in [3.05, 3.63) is 39.9 Å². The molecule has 1 amide bonds. The summed E-state index contributed by atoms with van der Waals surface area (Å²) >= 11 is 0. The molecule has 0 saturated heterocycles. The van der Waals surface area contributed by atoms with Crippen LogP contribution in [0.5, 0.6) is 0 Å². The molecule has 2 aliphatic rings. The Labute approximate surface area is 149 Å². The molecule has 2 aliphatic carbocycles. The number of amides is 1. The highest BCUT2D eigenvalue weighted by atomic mass is 16.6. The lowest BCUT2D eigenvalue weighted by Crippen LogP contribution is -2.44. The van der Waals surface area contributed by atoms with Gasteiger partial charge in [-0.25, -0.2) is 0 Å². The van der Waals surface area contributed by atoms with Crippen molar-refractivity contribution in [2.24, 2.45) is 5.92 Å². The Kier molecular flexibility index (Phi) is 6.05. The summed E-state index contributed by atoms with van der Waals surface area (Å²) in [7, 11) is 0. The maximum atomic E-state index is 13.2. The van der Waals surface area contributed by atoms with Crippen LogP contribution in [0.1, 0.15) is 69.8 Å². The van der Waals surface area contributed by atoms with Crippen molar-refractivity contribution >= 4 is 11.6 Å². The molecule has 0 unspecified atom stereocenters. The van der Waals surface area contributed by atoms with E-state index in [9.17, 15) is 14.9 Å². The van der Waals surface area contributed by atoms with Crippen molar-refractivity contribution in [3.63, 3.8) is 0 Å². The second-order valence-corrected chi connectivity index (χ2v) is 7.48. The van der Waals surface area contributed by atoms with E-state index >= 15 is 0 Å². The zero-order valence-electron chi connectivity index (χ0n) is 14.9. The topological polar surface area (TPSA) is 63.5 Å². The van der Waals surface area contributed by atoms with Gasteiger partial charge in [-0.05, 0) is 25.7 Å². The monoisotopic (exact) mass is 344 g/mol. The normalized spacial score (nSPS) is 19.5. The first kappa shape index (κ1) is 17.9. The average Bonchev–Trinajstić information content (AvgIpc) is 2.67. The van der Waals surface area contributed by atoms with Crippen LogP contribution in [0, 0.1) is 16.0 Å². The molecule has 0 spiro atoms. The van der Waals surface area contributed by atoms with Crippen LogP contribution in [0.25, 0.3) is 0 Å². The van der Waals surface area contributed by atoms with Crippen molar-refractivity contribution in [3.8, 4) is 0 Å². The number of nitro benzene ring substituents is 1. The molecular weight excluding hydrogens is 316 g/mol. The second kappa shape index (κ2) is 8.45. The van der Waals surface area contributed by atoms with Gasteiger partial charge >= 0.3 is 0 Å². The van der Waals surface area contributed by atoms with Crippen LogP contribution in [0.3, 0.4) is 0 Å². The number of rotatable bonds is 5. The lowest BCUT2D eigenvalue weighted by atomic mass is 9.86. The van der Waals surface area contributed by atoms with Gasteiger partial charge in [0.1, 0.15) is 0 Å². The summed E-state index contributed by atoms with van der Waals surface area (Å²) in [5, 5.41) is 11.4. The van der Waals surface area contributed by atoms with Gasteiger partial charge in [0.25, 0.3) is 5.69 Å². The molecule has 5 nitrogen and oxygen atoms in total. The summed E-state index contributed by atoms with van der Waals surface area (Å²) in [6.07, 6.45) is 11.0. The molecule has 2 fully saturated rings. The van der Waals surface area contributed by atoms with E-state index in [0.29, 0.717) is 12.1 Å². The van der Waals surface area contributed by atoms with Gasteiger partial charge < -0.3 is 4.90 Å². The summed E-state index contributed by atoms with van der Waals surface area (Å²) in [5.74, 6) is 0.336. The van der Waals surface area contributed by atoms with Crippen molar-refractivity contribution in [2.45, 2.75) is 76.8 Å². The Morgan fingerprint density at radius 3 is 2.24 bits per heavy atom. The molecule has 0 aliphatic heterocycles. The molecule has 0 radical (unpaired) electrons. The van der Waals surface area contributed by atoms with E-state index in [1.54, 1.807) is 18.2 Å². The quantitative estimate of drug-likeness (QED) is 0.567. The van der Waals surface area contributed by atoms with E-state index in [1.807, 2.05) is 11.0 Å². The fourth-order valence-corrected chi connectivity index (χ4v) is 4.37. The Hall–Kier alpha value is -1.91. The fourth-order valence-electron chi connectivity index (χ4n) is 4.37. The number of carbonyl (C=O) groups excluding carboxylic acids is 1. The molecule has 136 valence electrons. The largest absolute Gasteiger partial charge is 0.335 e. The predicted octanol–water partition coefficient (Wildman–Crippen LogP) is 4.84. The highest BCUT2D eigenvalue weighted by molar-refractivity contribution is 5.79. The van der Waals surface area contributed by atoms with Gasteiger partial charge in [-0.3, -0.25) is 14.9 Å². The third-order valence-corrected chi connectivity index (χ3v) is 5.78. The van der Waals surface area contributed by atoms with E-state index in [-0.39, 0.29) is 28.5 Å². The highest BCUT2D eigenvalue weighted by Gasteiger charge is 2.32. The van der Waals surface area contributed by atoms with Gasteiger partial charge in [-0.1, -0.05) is 56.7 Å². The molecule has 1 aromatic rings. The molecular formula is C20H28N2O3. The molecule has 3 rings (SSSR count). The van der Waals surface area contributed by atoms with Gasteiger partial charge in [-0.2, -0.15) is 0 Å². The Balaban J connectivity index is 1.83. The van der Waals surface area contributed by atoms with Gasteiger partial charge in [0, 0.05) is 23.6 Å². The summed E-state index contributed by atoms with van der Waals surface area (Å²) in [5.41, 5.74) is 0.780. The summed E-state index contributed by atoms with van der Waals surface area (Å²) < 4.78 is 0. The maximum absolute atomic E-state index is 13.2. The summed E-state index contributed by atoms with van der Waals surface area (Å²) in [6, 6.07) is 7.09. The smallest absolute Gasteiger partial charge is 0.274 e. The molecule has 25 heavy (non-hydrogen) atoms. The lowest BCUT2D eigenvalue weighted by molar-refractivity contribution is -0.385. The second-order valence-electron chi connectivity index (χ2n) is 7.48. The molecule has 0 N–H and O–H groups in total. The molecule has 5 heteroatoms. The number of carbonyl (C=O) groups is 1. The van der Waals surface area contributed by atoms with E-state index in [2.05, 4.69) is 0 Å². The van der Waals surface area contributed by atoms with Crippen LogP contribution in [0.15, 0.2) is 24.3 Å². The van der Waals surface area contributed by atoms with Crippen molar-refractivity contribution < 1.29 is 9.72 Å². The third-order valence-electron chi connectivity index (χ3n) is 5.78. The van der Waals surface area contributed by atoms with Gasteiger partial charge in [0.2, 0.25) is 5.91 Å². The number of hydrogen-bond donors (Lipinski definition) is 0. The van der Waals surface area contributed by atoms with Gasteiger partial charge in [0.15, 0.2) is 0 Å². The van der Waals surface area contributed by atoms with E-state index in [4.69, 9.17) is 0 Å². The Morgan fingerprint density at radius 1 is 1.00 bits per heavy atom. The minimum atomic E-state index is -0.334. The average molecular weight is 344 g/mol. The number of hydrogen-bond acceptors (Lipinski definition) is 3. The van der Waals surface area contributed by atoms with E-state index in [1.165, 1.54) is 12.8 Å². The first-order chi connectivity index (χ1) is 12.2. The molecule has 1 aromatic carbocycles. The van der Waals surface area contributed by atoms with Crippen LogP contribution in [0.2, 0.25) is 0 Å². The first-order valence-corrected chi connectivity index (χ1v) is 9.69. The Morgan fingerprint density at radius 2 is 1.60 bits per heavy atom. The van der Waals surface area contributed by atoms with Crippen molar-refractivity contribution in [1.29, 1.82) is 0 Å². The highest BCUT2D eigenvalue weighted by Crippen LogP contribution is 2.31. The molecule has 0 bridgehead atoms. The lowest BCUT2D eigenvalue weighted by Gasteiger charge is -2.37. The van der Waals surface area contributed by atoms with Crippen LogP contribution >= 0.6 is 0 Å². The van der Waals surface area contributed by atoms with Crippen LogP contribution < -0.4 is 0 Å². The summed E-state index contributed by atoms with van der Waals surface area (Å²) in [4.78, 5) is 26.2. The van der Waals surface area contributed by atoms with E-state index in [0.717, 1.165) is 51.4 Å². The fraction of sp³-hybridized carbons (Fsp3) is 0.650. The minimum Gasteiger partial charge on any atom is -0.335 e. The molecule has 0 aromatic heterocycles. The Bertz CT molecular complexity index is 605. The van der Waals surface area contributed by atoms with Crippen LogP contribution in [-0.4, -0.2) is 21.8 Å². The minimum absolute atomic E-state index is 0.110. The number of para-hydroxylation sites is 1. The maximum Gasteiger partial charge on any atom is 0.274 e. The number of nitrogens with zero attached hydrogens (tertiary/aromatic N) is 2. The zero-order chi connectivity index (χ0) is 17.6. The summed E-state index contributed by atoms with van der Waals surface area (Å²) in [6.45, 7) is 0.372. The third kappa shape index (κ3) is 4.39. The molecule has 2 saturated carbocycles. The molecule has 0 heterocycles.